The molecule has 318 valence electrons. The number of hydrogen-bond donors (Lipinski definition) is 0. The smallest absolute Gasteiger partial charge is 0.0979 e. The molecule has 0 bridgehead atoms. The molecule has 0 amide bonds. The first-order chi connectivity index (χ1) is 33.7. The van der Waals surface area contributed by atoms with Crippen LogP contribution >= 0.6 is 0 Å². The lowest BCUT2D eigenvalue weighted by Gasteiger charge is -2.26. The standard InChI is InChI=1S/C64H42N4/c1-5-15-43(16-6-1)47-29-36-54-55-37-30-48(44-17-7-2-8-18-44)41-59(55)64-63(58(54)40-47)65-42-60(66-64)46-27-34-53(35-28-46)67(50-19-9-3-10-20-50)52-32-25-45(26-33-52)49-31-38-62-57(39-49)56-23-13-14-24-61(56)68(62)51-21-11-4-12-22-51/h1-42H. The summed E-state index contributed by atoms with van der Waals surface area (Å²) >= 11 is 0. The van der Waals surface area contributed by atoms with Crippen molar-refractivity contribution in [3.8, 4) is 50.3 Å². The van der Waals surface area contributed by atoms with Crippen LogP contribution in [0.2, 0.25) is 0 Å². The van der Waals surface area contributed by atoms with Crippen LogP contribution in [-0.4, -0.2) is 14.5 Å². The van der Waals surface area contributed by atoms with Gasteiger partial charge in [0.1, 0.15) is 0 Å². The average Bonchev–Trinajstić information content (AvgIpc) is 3.76. The minimum Gasteiger partial charge on any atom is -0.311 e. The Bertz CT molecular complexity index is 3980. The third-order valence-corrected chi connectivity index (χ3v) is 13.4. The van der Waals surface area contributed by atoms with E-state index in [1.807, 2.05) is 6.20 Å². The van der Waals surface area contributed by atoms with Gasteiger partial charge in [-0.05, 0) is 123 Å². The lowest BCUT2D eigenvalue weighted by molar-refractivity contribution is 1.18. The second-order valence-electron chi connectivity index (χ2n) is 17.4. The van der Waals surface area contributed by atoms with Crippen LogP contribution in [0.1, 0.15) is 0 Å². The minimum absolute atomic E-state index is 0.827. The second-order valence-corrected chi connectivity index (χ2v) is 17.4. The van der Waals surface area contributed by atoms with E-state index in [1.54, 1.807) is 0 Å². The number of hydrogen-bond acceptors (Lipinski definition) is 3. The van der Waals surface area contributed by atoms with Gasteiger partial charge in [-0.25, -0.2) is 4.98 Å². The Balaban J connectivity index is 0.879. The highest BCUT2D eigenvalue weighted by atomic mass is 15.1. The molecule has 0 aliphatic rings. The highest BCUT2D eigenvalue weighted by molar-refractivity contribution is 6.24. The van der Waals surface area contributed by atoms with Crippen LogP contribution in [-0.2, 0) is 0 Å². The van der Waals surface area contributed by atoms with Crippen molar-refractivity contribution < 1.29 is 0 Å². The van der Waals surface area contributed by atoms with E-state index in [0.717, 1.165) is 77.9 Å². The van der Waals surface area contributed by atoms with E-state index in [-0.39, 0.29) is 0 Å². The molecule has 4 nitrogen and oxygen atoms in total. The Labute approximate surface area is 394 Å². The highest BCUT2D eigenvalue weighted by Gasteiger charge is 2.18. The number of fused-ring (bicyclic) bond motifs is 9. The molecule has 0 saturated heterocycles. The number of para-hydroxylation sites is 3. The molecule has 0 N–H and O–H groups in total. The normalized spacial score (nSPS) is 11.5. The first-order valence-electron chi connectivity index (χ1n) is 23.1. The first kappa shape index (κ1) is 39.3. The Morgan fingerprint density at radius 2 is 0.735 bits per heavy atom. The van der Waals surface area contributed by atoms with Crippen molar-refractivity contribution >= 4 is 71.4 Å². The summed E-state index contributed by atoms with van der Waals surface area (Å²) in [5.74, 6) is 0. The van der Waals surface area contributed by atoms with Crippen molar-refractivity contribution in [2.75, 3.05) is 4.90 Å². The summed E-state index contributed by atoms with van der Waals surface area (Å²) in [6, 6.07) is 89.0. The predicted molar refractivity (Wildman–Crippen MR) is 285 cm³/mol. The molecule has 68 heavy (non-hydrogen) atoms. The predicted octanol–water partition coefficient (Wildman–Crippen LogP) is 17.2. The van der Waals surface area contributed by atoms with Crippen molar-refractivity contribution in [3.63, 3.8) is 0 Å². The Hall–Kier alpha value is -9.12. The van der Waals surface area contributed by atoms with E-state index in [2.05, 4.69) is 258 Å². The number of benzene rings is 11. The largest absolute Gasteiger partial charge is 0.311 e. The number of aromatic nitrogens is 3. The lowest BCUT2D eigenvalue weighted by Crippen LogP contribution is -2.09. The van der Waals surface area contributed by atoms with E-state index in [1.165, 1.54) is 43.9 Å². The zero-order valence-electron chi connectivity index (χ0n) is 37.0. The van der Waals surface area contributed by atoms with Gasteiger partial charge in [0.25, 0.3) is 0 Å². The second kappa shape index (κ2) is 16.4. The van der Waals surface area contributed by atoms with Crippen molar-refractivity contribution in [2.45, 2.75) is 0 Å². The van der Waals surface area contributed by atoms with Gasteiger partial charge in [0.2, 0.25) is 0 Å². The van der Waals surface area contributed by atoms with Crippen molar-refractivity contribution in [1.29, 1.82) is 0 Å². The zero-order chi connectivity index (χ0) is 45.0. The maximum atomic E-state index is 5.47. The fourth-order valence-electron chi connectivity index (χ4n) is 10.1. The minimum atomic E-state index is 0.827. The molecule has 0 aliphatic heterocycles. The van der Waals surface area contributed by atoms with E-state index in [9.17, 15) is 0 Å². The molecule has 13 rings (SSSR count). The van der Waals surface area contributed by atoms with E-state index in [0.29, 0.717) is 0 Å². The summed E-state index contributed by atoms with van der Waals surface area (Å²) in [7, 11) is 0. The van der Waals surface area contributed by atoms with Crippen LogP contribution in [0.15, 0.2) is 255 Å². The van der Waals surface area contributed by atoms with Gasteiger partial charge < -0.3 is 9.47 Å². The van der Waals surface area contributed by atoms with Gasteiger partial charge in [0, 0.05) is 49.9 Å². The summed E-state index contributed by atoms with van der Waals surface area (Å²) < 4.78 is 2.36. The summed E-state index contributed by atoms with van der Waals surface area (Å²) in [5, 5.41) is 6.99. The number of anilines is 3. The first-order valence-corrected chi connectivity index (χ1v) is 23.1. The summed E-state index contributed by atoms with van der Waals surface area (Å²) in [6.07, 6.45) is 1.93. The average molecular weight is 867 g/mol. The molecule has 0 fully saturated rings. The maximum absolute atomic E-state index is 5.47. The summed E-state index contributed by atoms with van der Waals surface area (Å²) in [6.45, 7) is 0. The molecule has 2 heterocycles. The monoisotopic (exact) mass is 866 g/mol. The molecule has 2 aromatic heterocycles. The van der Waals surface area contributed by atoms with Gasteiger partial charge in [-0.15, -0.1) is 0 Å². The summed E-state index contributed by atoms with van der Waals surface area (Å²) in [5.41, 5.74) is 17.4. The van der Waals surface area contributed by atoms with Crippen LogP contribution in [0.3, 0.4) is 0 Å². The molecule has 11 aromatic carbocycles. The number of rotatable bonds is 8. The van der Waals surface area contributed by atoms with Gasteiger partial charge in [-0.1, -0.05) is 170 Å². The van der Waals surface area contributed by atoms with Crippen LogP contribution < -0.4 is 4.90 Å². The van der Waals surface area contributed by atoms with Gasteiger partial charge in [0.05, 0.1) is 34.0 Å². The molecule has 0 saturated carbocycles. The van der Waals surface area contributed by atoms with E-state index < -0.39 is 0 Å². The van der Waals surface area contributed by atoms with Crippen LogP contribution in [0.4, 0.5) is 17.1 Å². The molecule has 0 radical (unpaired) electrons. The van der Waals surface area contributed by atoms with Gasteiger partial charge in [-0.3, -0.25) is 4.98 Å². The van der Waals surface area contributed by atoms with E-state index in [4.69, 9.17) is 9.97 Å². The molecule has 0 aliphatic carbocycles. The Morgan fingerprint density at radius 3 is 1.35 bits per heavy atom. The van der Waals surface area contributed by atoms with Crippen LogP contribution in [0.25, 0.3) is 105 Å². The third-order valence-electron chi connectivity index (χ3n) is 13.4. The third kappa shape index (κ3) is 6.78. The zero-order valence-corrected chi connectivity index (χ0v) is 37.0. The SMILES string of the molecule is c1ccc(-c2ccc3c4ccc(-c5ccccc5)cc4c4nc(-c5ccc(N(c6ccccc6)c6ccc(-c7ccc8c(c7)c7ccccc7n8-c7ccccc7)cc6)cc5)cnc4c3c2)cc1. The van der Waals surface area contributed by atoms with Crippen molar-refractivity contribution in [2.24, 2.45) is 0 Å². The fraction of sp³-hybridized carbons (Fsp3) is 0. The van der Waals surface area contributed by atoms with E-state index >= 15 is 0 Å². The Morgan fingerprint density at radius 1 is 0.294 bits per heavy atom. The molecule has 0 unspecified atom stereocenters. The van der Waals surface area contributed by atoms with Crippen LogP contribution in [0.5, 0.6) is 0 Å². The van der Waals surface area contributed by atoms with Gasteiger partial charge in [-0.2, -0.15) is 0 Å². The number of nitrogens with zero attached hydrogens (tertiary/aromatic N) is 4. The fourth-order valence-corrected chi connectivity index (χ4v) is 10.1. The molecule has 0 spiro atoms. The maximum Gasteiger partial charge on any atom is 0.0979 e. The van der Waals surface area contributed by atoms with Crippen LogP contribution in [0, 0.1) is 0 Å². The van der Waals surface area contributed by atoms with Gasteiger partial charge in [0.15, 0.2) is 0 Å². The molecule has 0 atom stereocenters. The topological polar surface area (TPSA) is 34.0 Å². The Kier molecular flexibility index (Phi) is 9.47. The van der Waals surface area contributed by atoms with Crippen molar-refractivity contribution in [3.05, 3.63) is 255 Å². The quantitative estimate of drug-likeness (QED) is 0.143. The highest BCUT2D eigenvalue weighted by Crippen LogP contribution is 2.41. The molecule has 13 aromatic rings. The van der Waals surface area contributed by atoms with Gasteiger partial charge >= 0.3 is 0 Å². The molecular weight excluding hydrogens is 825 g/mol. The molecular formula is C64H42N4. The lowest BCUT2D eigenvalue weighted by atomic mass is 9.93. The van der Waals surface area contributed by atoms with Crippen molar-refractivity contribution in [1.82, 2.24) is 14.5 Å². The summed E-state index contributed by atoms with van der Waals surface area (Å²) in [4.78, 5) is 13.0. The molecule has 4 heteroatoms.